The molecule has 1 saturated heterocycles. The van der Waals surface area contributed by atoms with Gasteiger partial charge in [-0.15, -0.1) is 0 Å². The molecule has 2 aromatic rings. The molecule has 0 radical (unpaired) electrons. The van der Waals surface area contributed by atoms with Crippen LogP contribution < -0.4 is 0 Å². The lowest BCUT2D eigenvalue weighted by Gasteiger charge is -2.18. The lowest BCUT2D eigenvalue weighted by molar-refractivity contribution is -0.136. The Morgan fingerprint density at radius 2 is 1.93 bits per heavy atom. The third-order valence-corrected chi connectivity index (χ3v) is 5.25. The zero-order valence-corrected chi connectivity index (χ0v) is 15.7. The number of hydrogen-bond acceptors (Lipinski definition) is 2. The van der Waals surface area contributed by atoms with Crippen LogP contribution in [-0.2, 0) is 16.0 Å². The predicted octanol–water partition coefficient (Wildman–Crippen LogP) is 4.07. The van der Waals surface area contributed by atoms with E-state index in [0.717, 1.165) is 23.3 Å². The molecule has 0 unspecified atom stereocenters. The van der Waals surface area contributed by atoms with Gasteiger partial charge in [0, 0.05) is 32.0 Å². The van der Waals surface area contributed by atoms with Crippen molar-refractivity contribution in [1.29, 1.82) is 0 Å². The molecule has 1 amide bonds. The van der Waals surface area contributed by atoms with Gasteiger partial charge in [-0.05, 0) is 28.7 Å². The Morgan fingerprint density at radius 3 is 2.59 bits per heavy atom. The normalized spacial score (nSPS) is 19.8. The molecule has 5 heteroatoms. The second kappa shape index (κ2) is 7.59. The van der Waals surface area contributed by atoms with Crippen molar-refractivity contribution in [1.82, 2.24) is 4.90 Å². The Balaban J connectivity index is 1.90. The first-order valence-corrected chi connectivity index (χ1v) is 9.09. The van der Waals surface area contributed by atoms with E-state index in [4.69, 9.17) is 0 Å². The van der Waals surface area contributed by atoms with Crippen molar-refractivity contribution >= 4 is 11.7 Å². The fourth-order valence-corrected chi connectivity index (χ4v) is 3.67. The minimum Gasteiger partial charge on any atom is -0.344 e. The molecule has 0 saturated carbocycles. The summed E-state index contributed by atoms with van der Waals surface area (Å²) in [6.45, 7) is 4.62. The first-order valence-electron chi connectivity index (χ1n) is 9.09. The van der Waals surface area contributed by atoms with Crippen LogP contribution in [0.1, 0.15) is 42.4 Å². The number of carbonyl (C=O) groups excluding carboxylic acids is 2. The van der Waals surface area contributed by atoms with Crippen molar-refractivity contribution in [3.63, 3.8) is 0 Å². The van der Waals surface area contributed by atoms with Crippen LogP contribution in [0, 0.1) is 17.6 Å². The minimum absolute atomic E-state index is 0.110. The van der Waals surface area contributed by atoms with E-state index < -0.39 is 17.6 Å². The van der Waals surface area contributed by atoms with Crippen LogP contribution in [0.5, 0.6) is 0 Å². The number of carbonyl (C=O) groups is 2. The van der Waals surface area contributed by atoms with Crippen molar-refractivity contribution < 1.29 is 18.4 Å². The van der Waals surface area contributed by atoms with Crippen LogP contribution in [0.25, 0.3) is 0 Å². The van der Waals surface area contributed by atoms with Crippen molar-refractivity contribution in [2.75, 3.05) is 13.6 Å². The molecule has 1 fully saturated rings. The van der Waals surface area contributed by atoms with E-state index in [1.165, 1.54) is 6.07 Å². The molecular weight excluding hydrogens is 348 g/mol. The van der Waals surface area contributed by atoms with Crippen molar-refractivity contribution in [2.24, 2.45) is 5.92 Å². The minimum atomic E-state index is -0.845. The van der Waals surface area contributed by atoms with E-state index in [-0.39, 0.29) is 29.6 Å². The highest BCUT2D eigenvalue weighted by atomic mass is 19.1. The number of hydrogen-bond donors (Lipinski definition) is 0. The lowest BCUT2D eigenvalue weighted by atomic mass is 9.82. The SMILES string of the molecule is CC(C)c1cccc([C@H]2CN(C)C(=O)[C@@H]2C(=O)Cc2ccc(F)cc2F)c1. The first-order chi connectivity index (χ1) is 12.8. The van der Waals surface area contributed by atoms with Gasteiger partial charge < -0.3 is 4.90 Å². The maximum atomic E-state index is 13.9. The number of likely N-dealkylation sites (N-methyl/N-ethyl adjacent to an activating group) is 1. The quantitative estimate of drug-likeness (QED) is 0.743. The lowest BCUT2D eigenvalue weighted by Crippen LogP contribution is -2.29. The van der Waals surface area contributed by atoms with Gasteiger partial charge in [-0.2, -0.15) is 0 Å². The van der Waals surface area contributed by atoms with Crippen LogP contribution in [0.3, 0.4) is 0 Å². The number of rotatable bonds is 5. The van der Waals surface area contributed by atoms with Crippen molar-refractivity contribution in [2.45, 2.75) is 32.1 Å². The predicted molar refractivity (Wildman–Crippen MR) is 99.5 cm³/mol. The number of nitrogens with zero attached hydrogens (tertiary/aromatic N) is 1. The van der Waals surface area contributed by atoms with E-state index in [9.17, 15) is 18.4 Å². The van der Waals surface area contributed by atoms with Crippen LogP contribution >= 0.6 is 0 Å². The van der Waals surface area contributed by atoms with E-state index in [1.807, 2.05) is 24.3 Å². The summed E-state index contributed by atoms with van der Waals surface area (Å²) in [5.41, 5.74) is 2.19. The highest BCUT2D eigenvalue weighted by Crippen LogP contribution is 2.35. The molecule has 0 N–H and O–H groups in total. The standard InChI is InChI=1S/C22H23F2NO2/c1-13(2)14-5-4-6-15(9-14)18-12-25(3)22(27)21(18)20(26)10-16-7-8-17(23)11-19(16)24/h4-9,11,13,18,21H,10,12H2,1-3H3/t18-,21+/m1/s1. The van der Waals surface area contributed by atoms with Crippen LogP contribution in [0.15, 0.2) is 42.5 Å². The van der Waals surface area contributed by atoms with Gasteiger partial charge in [0.25, 0.3) is 0 Å². The molecule has 1 heterocycles. The smallest absolute Gasteiger partial charge is 0.233 e. The Kier molecular flexibility index (Phi) is 5.40. The molecule has 0 aromatic heterocycles. The zero-order chi connectivity index (χ0) is 19.7. The summed E-state index contributed by atoms with van der Waals surface area (Å²) >= 11 is 0. The molecule has 2 aromatic carbocycles. The largest absolute Gasteiger partial charge is 0.344 e. The zero-order valence-electron chi connectivity index (χ0n) is 15.7. The molecular formula is C22H23F2NO2. The first kappa shape index (κ1) is 19.2. The van der Waals surface area contributed by atoms with Crippen molar-refractivity contribution in [3.05, 3.63) is 70.8 Å². The topological polar surface area (TPSA) is 37.4 Å². The van der Waals surface area contributed by atoms with Gasteiger partial charge in [0.2, 0.25) is 5.91 Å². The van der Waals surface area contributed by atoms with Gasteiger partial charge in [-0.1, -0.05) is 44.2 Å². The molecule has 142 valence electrons. The van der Waals surface area contributed by atoms with E-state index in [0.29, 0.717) is 12.5 Å². The average molecular weight is 371 g/mol. The third kappa shape index (κ3) is 3.92. The highest BCUT2D eigenvalue weighted by molar-refractivity contribution is 6.04. The summed E-state index contributed by atoms with van der Waals surface area (Å²) < 4.78 is 27.0. The Hall–Kier alpha value is -2.56. The molecule has 0 aliphatic carbocycles. The Morgan fingerprint density at radius 1 is 1.19 bits per heavy atom. The van der Waals surface area contributed by atoms with Crippen LogP contribution in [0.2, 0.25) is 0 Å². The fourth-order valence-electron chi connectivity index (χ4n) is 3.67. The second-order valence-corrected chi connectivity index (χ2v) is 7.51. The summed E-state index contributed by atoms with van der Waals surface area (Å²) in [7, 11) is 1.67. The van der Waals surface area contributed by atoms with E-state index in [2.05, 4.69) is 13.8 Å². The van der Waals surface area contributed by atoms with E-state index in [1.54, 1.807) is 11.9 Å². The molecule has 1 aliphatic heterocycles. The van der Waals surface area contributed by atoms with Crippen molar-refractivity contribution in [3.8, 4) is 0 Å². The second-order valence-electron chi connectivity index (χ2n) is 7.51. The number of amides is 1. The average Bonchev–Trinajstić information content (AvgIpc) is 2.92. The number of likely N-dealkylation sites (tertiary alicyclic amines) is 1. The molecule has 3 nitrogen and oxygen atoms in total. The van der Waals surface area contributed by atoms with Gasteiger partial charge in [0.1, 0.15) is 23.3 Å². The van der Waals surface area contributed by atoms with Gasteiger partial charge in [0.15, 0.2) is 0 Å². The number of benzene rings is 2. The molecule has 0 spiro atoms. The third-order valence-electron chi connectivity index (χ3n) is 5.25. The van der Waals surface area contributed by atoms with Gasteiger partial charge in [0.05, 0.1) is 0 Å². The van der Waals surface area contributed by atoms with Crippen LogP contribution in [0.4, 0.5) is 8.78 Å². The number of Topliss-reactive ketones (excluding diaryl/α,β-unsaturated/α-hetero) is 1. The maximum Gasteiger partial charge on any atom is 0.233 e. The maximum absolute atomic E-state index is 13.9. The summed E-state index contributed by atoms with van der Waals surface area (Å²) in [6.07, 6.45) is -0.225. The summed E-state index contributed by atoms with van der Waals surface area (Å²) in [5, 5.41) is 0. The molecule has 3 rings (SSSR count). The summed E-state index contributed by atoms with van der Waals surface area (Å²) in [4.78, 5) is 27.1. The summed E-state index contributed by atoms with van der Waals surface area (Å²) in [5.74, 6) is -2.82. The molecule has 2 atom stereocenters. The Bertz CT molecular complexity index is 878. The van der Waals surface area contributed by atoms with E-state index >= 15 is 0 Å². The van der Waals surface area contributed by atoms with Gasteiger partial charge in [-0.3, -0.25) is 9.59 Å². The molecule has 27 heavy (non-hydrogen) atoms. The monoisotopic (exact) mass is 371 g/mol. The molecule has 0 bridgehead atoms. The fraction of sp³-hybridized carbons (Fsp3) is 0.364. The highest BCUT2D eigenvalue weighted by Gasteiger charge is 2.43. The summed E-state index contributed by atoms with van der Waals surface area (Å²) in [6, 6.07) is 11.1. The Labute approximate surface area is 158 Å². The van der Waals surface area contributed by atoms with Gasteiger partial charge in [-0.25, -0.2) is 8.78 Å². The van der Waals surface area contributed by atoms with Gasteiger partial charge >= 0.3 is 0 Å². The van der Waals surface area contributed by atoms with Crippen LogP contribution in [-0.4, -0.2) is 30.2 Å². The number of ketones is 1. The number of halogens is 2. The molecule has 1 aliphatic rings.